The predicted octanol–water partition coefficient (Wildman–Crippen LogP) is 3.37. The molecule has 0 spiro atoms. The molecule has 2 saturated heterocycles. The number of carbonyl (C=O) groups is 7. The molecule has 11 N–H and O–H groups in total. The second-order valence-corrected chi connectivity index (χ2v) is 19.2. The number of para-hydroxylation sites is 1. The second kappa shape index (κ2) is 26.8. The fourth-order valence-corrected chi connectivity index (χ4v) is 9.65. The Labute approximate surface area is 446 Å². The van der Waals surface area contributed by atoms with Gasteiger partial charge in [-0.15, -0.1) is 0 Å². The van der Waals surface area contributed by atoms with Crippen molar-refractivity contribution in [3.05, 3.63) is 174 Å². The van der Waals surface area contributed by atoms with Crippen molar-refractivity contribution in [2.75, 3.05) is 26.2 Å². The molecule has 19 heteroatoms. The summed E-state index contributed by atoms with van der Waals surface area (Å²) in [5, 5.41) is 17.9. The molecule has 2 aliphatic heterocycles. The van der Waals surface area contributed by atoms with Gasteiger partial charge in [-0.05, 0) is 71.8 Å². The first kappa shape index (κ1) is 54.7. The zero-order valence-electron chi connectivity index (χ0n) is 42.7. The minimum absolute atomic E-state index is 0.0385. The van der Waals surface area contributed by atoms with E-state index in [9.17, 15) is 24.0 Å². The highest BCUT2D eigenvalue weighted by molar-refractivity contribution is 5.99. The molecule has 2 aliphatic rings. The predicted molar refractivity (Wildman–Crippen MR) is 288 cm³/mol. The Hall–Kier alpha value is -8.55. The summed E-state index contributed by atoms with van der Waals surface area (Å²) in [5.41, 5.74) is 15.7. The molecule has 6 aromatic rings. The van der Waals surface area contributed by atoms with Crippen LogP contribution < -0.4 is 48.1 Å². The Morgan fingerprint density at radius 3 is 1.87 bits per heavy atom. The number of aromatic amines is 1. The van der Waals surface area contributed by atoms with E-state index in [2.05, 4.69) is 36.9 Å². The number of nitrogens with zero attached hydrogens (tertiary/aromatic N) is 1. The van der Waals surface area contributed by atoms with Gasteiger partial charge in [0.15, 0.2) is 0 Å². The van der Waals surface area contributed by atoms with Gasteiger partial charge >= 0.3 is 6.09 Å². The van der Waals surface area contributed by atoms with E-state index in [1.165, 1.54) is 4.90 Å². The number of fused-ring (bicyclic) bond motifs is 2. The maximum absolute atomic E-state index is 15.3. The van der Waals surface area contributed by atoms with Gasteiger partial charge < -0.3 is 62.7 Å². The Morgan fingerprint density at radius 1 is 0.584 bits per heavy atom. The number of nitrogens with one attached hydrogen (secondary N) is 7. The van der Waals surface area contributed by atoms with Crippen LogP contribution in [-0.4, -0.2) is 114 Å². The molecule has 8 rings (SSSR count). The topological polar surface area (TPSA) is 281 Å². The number of ether oxygens (including phenoxy) is 2. The summed E-state index contributed by atoms with van der Waals surface area (Å²) in [5.74, 6) is -3.76. The van der Waals surface area contributed by atoms with E-state index in [0.29, 0.717) is 54.0 Å². The molecule has 1 unspecified atom stereocenters. The molecular weight excluding hydrogens is 981 g/mol. The van der Waals surface area contributed by atoms with Crippen molar-refractivity contribution in [3.8, 4) is 5.75 Å². The van der Waals surface area contributed by atoms with Crippen LogP contribution in [0.3, 0.4) is 0 Å². The van der Waals surface area contributed by atoms with Crippen molar-refractivity contribution < 1.29 is 43.0 Å². The van der Waals surface area contributed by atoms with E-state index in [4.69, 9.17) is 20.9 Å². The summed E-state index contributed by atoms with van der Waals surface area (Å²) >= 11 is 0. The smallest absolute Gasteiger partial charge is 0.407 e. The van der Waals surface area contributed by atoms with Crippen molar-refractivity contribution in [3.63, 3.8) is 0 Å². The van der Waals surface area contributed by atoms with Gasteiger partial charge in [-0.2, -0.15) is 0 Å². The molecule has 3 heterocycles. The molecule has 77 heavy (non-hydrogen) atoms. The van der Waals surface area contributed by atoms with Gasteiger partial charge in [0.1, 0.15) is 54.7 Å². The summed E-state index contributed by atoms with van der Waals surface area (Å²) < 4.78 is 11.8. The SMILES string of the molecule is NCCCC[C@@H]1NC(=O)[C@@H](Cc2c[nH]c3ccccc23)NC(=O)[C@H](c2ccccc2)NC(=O)[C@@H]2CC(OC(=O)NCCN)CN2C(=O)[C@H](Cc2ccccc2)NC(=O)[C@@H](Cc2ccc(OCc3ccccc3)cc2)NC1=O. The van der Waals surface area contributed by atoms with E-state index < -0.39 is 83.9 Å². The van der Waals surface area contributed by atoms with Crippen LogP contribution in [0.5, 0.6) is 5.75 Å². The zero-order chi connectivity index (χ0) is 54.1. The molecular formula is C58H66N10O9. The van der Waals surface area contributed by atoms with Crippen LogP contribution in [0.25, 0.3) is 10.9 Å². The fraction of sp³-hybridized carbons (Fsp3) is 0.328. The van der Waals surface area contributed by atoms with Crippen LogP contribution >= 0.6 is 0 Å². The number of benzene rings is 5. The van der Waals surface area contributed by atoms with Crippen molar-refractivity contribution >= 4 is 52.4 Å². The maximum Gasteiger partial charge on any atom is 0.407 e. The van der Waals surface area contributed by atoms with Gasteiger partial charge in [-0.1, -0.05) is 121 Å². The number of aromatic nitrogens is 1. The highest BCUT2D eigenvalue weighted by atomic mass is 16.6. The van der Waals surface area contributed by atoms with E-state index in [0.717, 1.165) is 16.5 Å². The standard InChI is InChI=1S/C58H66N10O9/c59-27-13-12-22-46-52(69)64-47(30-38-23-25-42(26-24-38)76-36-39-16-6-2-7-17-39)53(70)66-49(31-37-14-4-1-5-15-37)57(74)68-35-43(77-58(75)61-29-28-60)33-50(68)55(72)67-51(40-18-8-3-9-19-40)56(73)65-48(54(71)63-46)32-41-34-62-45-21-11-10-20-44(41)45/h1-11,14-21,23-26,34,43,46-51,62H,12-13,22,27-33,35-36,59-60H2,(H,61,75)(H,63,71)(H,64,69)(H,65,73)(H,66,70)(H,67,72)/t43?,46-,47+,48+,49-,50-,51-/m0/s1. The third-order valence-electron chi connectivity index (χ3n) is 13.7. The number of rotatable bonds is 17. The molecule has 5 aromatic carbocycles. The van der Waals surface area contributed by atoms with Crippen LogP contribution in [0.4, 0.5) is 4.79 Å². The molecule has 0 bridgehead atoms. The van der Waals surface area contributed by atoms with Gasteiger partial charge in [0, 0.05) is 55.9 Å². The van der Waals surface area contributed by atoms with Gasteiger partial charge in [0.25, 0.3) is 0 Å². The Bertz CT molecular complexity index is 2960. The number of hydrogen-bond acceptors (Lipinski definition) is 11. The zero-order valence-corrected chi connectivity index (χ0v) is 42.7. The number of nitrogens with two attached hydrogens (primary N) is 2. The summed E-state index contributed by atoms with van der Waals surface area (Å²) in [7, 11) is 0. The lowest BCUT2D eigenvalue weighted by Crippen LogP contribution is -2.61. The van der Waals surface area contributed by atoms with Crippen molar-refractivity contribution in [2.45, 2.75) is 93.9 Å². The van der Waals surface area contributed by atoms with E-state index in [1.54, 1.807) is 85.1 Å². The number of unbranched alkanes of at least 4 members (excludes halogenated alkanes) is 1. The minimum Gasteiger partial charge on any atom is -0.489 e. The van der Waals surface area contributed by atoms with E-state index in [-0.39, 0.29) is 51.7 Å². The first-order valence-electron chi connectivity index (χ1n) is 26.0. The fourth-order valence-electron chi connectivity index (χ4n) is 9.65. The molecule has 0 aliphatic carbocycles. The van der Waals surface area contributed by atoms with Gasteiger partial charge in [0.05, 0.1) is 6.54 Å². The lowest BCUT2D eigenvalue weighted by Gasteiger charge is -2.32. The maximum atomic E-state index is 15.3. The molecule has 0 radical (unpaired) electrons. The van der Waals surface area contributed by atoms with Crippen LogP contribution in [0.2, 0.25) is 0 Å². The summed E-state index contributed by atoms with van der Waals surface area (Å²) in [6.07, 6.45) is 0.652. The minimum atomic E-state index is -1.42. The third-order valence-corrected chi connectivity index (χ3v) is 13.7. The highest BCUT2D eigenvalue weighted by Gasteiger charge is 2.45. The Kier molecular flexibility index (Phi) is 19.0. The molecule has 1 aromatic heterocycles. The quantitative estimate of drug-likeness (QED) is 0.0598. The summed E-state index contributed by atoms with van der Waals surface area (Å²) in [4.78, 5) is 107. The van der Waals surface area contributed by atoms with Crippen molar-refractivity contribution in [2.24, 2.45) is 11.5 Å². The van der Waals surface area contributed by atoms with Crippen LogP contribution in [0, 0.1) is 0 Å². The lowest BCUT2D eigenvalue weighted by atomic mass is 9.99. The Balaban J connectivity index is 1.19. The van der Waals surface area contributed by atoms with Gasteiger partial charge in [-0.25, -0.2) is 4.79 Å². The number of alkyl carbamates (subject to hydrolysis) is 1. The normalized spacial score (nSPS) is 21.6. The average molecular weight is 1050 g/mol. The van der Waals surface area contributed by atoms with Crippen LogP contribution in [0.1, 0.15) is 59.5 Å². The monoisotopic (exact) mass is 1050 g/mol. The number of hydrogen-bond donors (Lipinski definition) is 9. The van der Waals surface area contributed by atoms with Gasteiger partial charge in [-0.3, -0.25) is 28.8 Å². The highest BCUT2D eigenvalue weighted by Crippen LogP contribution is 2.26. The first-order valence-corrected chi connectivity index (χ1v) is 26.0. The molecule has 0 saturated carbocycles. The van der Waals surface area contributed by atoms with Crippen molar-refractivity contribution in [1.29, 1.82) is 0 Å². The summed E-state index contributed by atoms with van der Waals surface area (Å²) in [6, 6.07) is 33.6. The third kappa shape index (κ3) is 14.9. The van der Waals surface area contributed by atoms with Crippen LogP contribution in [-0.2, 0) is 59.4 Å². The summed E-state index contributed by atoms with van der Waals surface area (Å²) in [6.45, 7) is 0.617. The van der Waals surface area contributed by atoms with E-state index in [1.807, 2.05) is 60.7 Å². The van der Waals surface area contributed by atoms with Gasteiger partial charge in [0.2, 0.25) is 35.4 Å². The molecule has 7 amide bonds. The molecule has 7 atom stereocenters. The molecule has 402 valence electrons. The average Bonchev–Trinajstić information content (AvgIpc) is 4.08. The van der Waals surface area contributed by atoms with Crippen LogP contribution in [0.15, 0.2) is 146 Å². The second-order valence-electron chi connectivity index (χ2n) is 19.2. The number of carbonyl (C=O) groups excluding carboxylic acids is 7. The lowest BCUT2D eigenvalue weighted by molar-refractivity contribution is -0.143. The molecule has 19 nitrogen and oxygen atoms in total. The molecule has 2 fully saturated rings. The first-order chi connectivity index (χ1) is 37.5. The van der Waals surface area contributed by atoms with Crippen molar-refractivity contribution in [1.82, 2.24) is 41.8 Å². The number of H-pyrrole nitrogens is 1. The number of amides is 7. The largest absolute Gasteiger partial charge is 0.489 e. The Morgan fingerprint density at radius 2 is 1.17 bits per heavy atom. The van der Waals surface area contributed by atoms with E-state index >= 15 is 9.59 Å².